The number of aliphatic hydroxyl groups excluding tert-OH is 1. The Balaban J connectivity index is 2.76. The molecule has 0 unspecified atom stereocenters. The Bertz CT molecular complexity index is 527. The third kappa shape index (κ3) is 1.44. The highest BCUT2D eigenvalue weighted by atomic mass is 79.9. The number of aliphatic hydroxyl groups is 1. The van der Waals surface area contributed by atoms with Crippen molar-refractivity contribution in [1.82, 2.24) is 0 Å². The van der Waals surface area contributed by atoms with Crippen molar-refractivity contribution in [3.05, 3.63) is 33.1 Å². The Hall–Kier alpha value is -0.890. The topological polar surface area (TPSA) is 44.0 Å². The first-order valence-electron chi connectivity index (χ1n) is 3.98. The van der Waals surface area contributed by atoms with Crippen LogP contribution in [0.25, 0.3) is 10.1 Å². The first-order valence-corrected chi connectivity index (χ1v) is 5.59. The predicted octanol–water partition coefficient (Wildman–Crippen LogP) is 3.03. The van der Waals surface area contributed by atoms with Gasteiger partial charge in [-0.25, -0.2) is 0 Å². The molecule has 1 N–H and O–H groups in total. The van der Waals surface area contributed by atoms with Crippen LogP contribution in [0.5, 0.6) is 0 Å². The largest absolute Gasteiger partial charge is 0.392 e. The van der Waals surface area contributed by atoms with Crippen LogP contribution in [0.3, 0.4) is 0 Å². The van der Waals surface area contributed by atoms with Crippen molar-refractivity contribution in [2.45, 2.75) is 6.61 Å². The number of rotatable bonds is 1. The van der Waals surface area contributed by atoms with Gasteiger partial charge in [-0.1, -0.05) is 12.1 Å². The zero-order valence-electron chi connectivity index (χ0n) is 7.12. The summed E-state index contributed by atoms with van der Waals surface area (Å²) in [5.74, 6) is 0. The molecule has 0 aliphatic heterocycles. The van der Waals surface area contributed by atoms with E-state index in [-0.39, 0.29) is 6.61 Å². The molecule has 0 spiro atoms. The van der Waals surface area contributed by atoms with Gasteiger partial charge in [-0.2, -0.15) is 5.26 Å². The maximum atomic E-state index is 9.05. The van der Waals surface area contributed by atoms with Gasteiger partial charge < -0.3 is 5.11 Å². The molecular formula is C10H6BrNOS. The Morgan fingerprint density at radius 2 is 2.29 bits per heavy atom. The minimum atomic E-state index is 0.0102. The second kappa shape index (κ2) is 3.70. The van der Waals surface area contributed by atoms with Gasteiger partial charge in [0.2, 0.25) is 0 Å². The highest BCUT2D eigenvalue weighted by Gasteiger charge is 2.07. The summed E-state index contributed by atoms with van der Waals surface area (Å²) in [4.78, 5) is 0.691. The molecule has 2 nitrogen and oxygen atoms in total. The summed E-state index contributed by atoms with van der Waals surface area (Å²) in [6, 6.07) is 7.75. The molecule has 70 valence electrons. The molecule has 14 heavy (non-hydrogen) atoms. The van der Waals surface area contributed by atoms with Gasteiger partial charge in [0.25, 0.3) is 0 Å². The van der Waals surface area contributed by atoms with Crippen LogP contribution in [-0.2, 0) is 6.61 Å². The molecule has 0 saturated heterocycles. The van der Waals surface area contributed by atoms with E-state index in [0.717, 1.165) is 20.1 Å². The summed E-state index contributed by atoms with van der Waals surface area (Å²) in [7, 11) is 0. The van der Waals surface area contributed by atoms with Gasteiger partial charge in [-0.15, -0.1) is 11.3 Å². The van der Waals surface area contributed by atoms with Crippen molar-refractivity contribution >= 4 is 37.4 Å². The number of nitriles is 1. The quantitative estimate of drug-likeness (QED) is 0.863. The Morgan fingerprint density at radius 1 is 1.50 bits per heavy atom. The highest BCUT2D eigenvalue weighted by Crippen LogP contribution is 2.34. The molecule has 2 rings (SSSR count). The maximum Gasteiger partial charge on any atom is 0.110 e. The Morgan fingerprint density at radius 3 is 2.93 bits per heavy atom. The molecule has 4 heteroatoms. The summed E-state index contributed by atoms with van der Waals surface area (Å²) >= 11 is 4.86. The smallest absolute Gasteiger partial charge is 0.110 e. The average Bonchev–Trinajstić information content (AvgIpc) is 2.62. The van der Waals surface area contributed by atoms with Crippen LogP contribution in [0.4, 0.5) is 0 Å². The van der Waals surface area contributed by atoms with Crippen LogP contribution in [0.15, 0.2) is 22.7 Å². The molecule has 0 radical (unpaired) electrons. The number of hydrogen-bond acceptors (Lipinski definition) is 3. The second-order valence-corrected chi connectivity index (χ2v) is 4.68. The molecule has 1 aromatic carbocycles. The highest BCUT2D eigenvalue weighted by molar-refractivity contribution is 9.10. The summed E-state index contributed by atoms with van der Waals surface area (Å²) in [6.45, 7) is 0.0102. The molecule has 0 aliphatic rings. The molecule has 1 aromatic heterocycles. The van der Waals surface area contributed by atoms with Crippen molar-refractivity contribution in [2.75, 3.05) is 0 Å². The van der Waals surface area contributed by atoms with Crippen LogP contribution in [-0.4, -0.2) is 5.11 Å². The van der Waals surface area contributed by atoms with Gasteiger partial charge in [-0.05, 0) is 32.9 Å². The van der Waals surface area contributed by atoms with Crippen LogP contribution in [0.1, 0.15) is 10.4 Å². The minimum absolute atomic E-state index is 0.0102. The number of halogens is 1. The minimum Gasteiger partial charge on any atom is -0.392 e. The van der Waals surface area contributed by atoms with Crippen LogP contribution in [0, 0.1) is 11.3 Å². The van der Waals surface area contributed by atoms with Gasteiger partial charge in [0.1, 0.15) is 10.9 Å². The third-order valence-corrected chi connectivity index (χ3v) is 4.23. The van der Waals surface area contributed by atoms with E-state index in [1.54, 1.807) is 0 Å². The fourth-order valence-electron chi connectivity index (χ4n) is 1.29. The van der Waals surface area contributed by atoms with Gasteiger partial charge in [-0.3, -0.25) is 0 Å². The van der Waals surface area contributed by atoms with Crippen molar-refractivity contribution in [2.24, 2.45) is 0 Å². The van der Waals surface area contributed by atoms with Crippen molar-refractivity contribution in [3.8, 4) is 6.07 Å². The van der Waals surface area contributed by atoms with E-state index in [1.165, 1.54) is 11.3 Å². The van der Waals surface area contributed by atoms with Gasteiger partial charge in [0.15, 0.2) is 0 Å². The molecule has 0 fully saturated rings. The predicted molar refractivity (Wildman–Crippen MR) is 60.2 cm³/mol. The van der Waals surface area contributed by atoms with Gasteiger partial charge in [0, 0.05) is 4.47 Å². The number of hydrogen-bond donors (Lipinski definition) is 1. The van der Waals surface area contributed by atoms with Crippen LogP contribution >= 0.6 is 27.3 Å². The molecule has 0 aliphatic carbocycles. The standard InChI is InChI=1S/C10H6BrNOS/c11-9-7(5-13)2-1-6-3-8(4-12)14-10(6)9/h1-3,13H,5H2. The normalized spacial score (nSPS) is 10.4. The van der Waals surface area contributed by atoms with E-state index < -0.39 is 0 Å². The van der Waals surface area contributed by atoms with Gasteiger partial charge in [0.05, 0.1) is 11.3 Å². The van der Waals surface area contributed by atoms with E-state index in [0.29, 0.717) is 4.88 Å². The Labute approximate surface area is 93.5 Å². The fourth-order valence-corrected chi connectivity index (χ4v) is 2.93. The monoisotopic (exact) mass is 267 g/mol. The summed E-state index contributed by atoms with van der Waals surface area (Å²) in [5.41, 5.74) is 0.851. The lowest BCUT2D eigenvalue weighted by molar-refractivity contribution is 0.281. The zero-order valence-corrected chi connectivity index (χ0v) is 9.52. The molecule has 0 saturated carbocycles. The van der Waals surface area contributed by atoms with Crippen molar-refractivity contribution in [3.63, 3.8) is 0 Å². The van der Waals surface area contributed by atoms with Crippen molar-refractivity contribution < 1.29 is 5.11 Å². The van der Waals surface area contributed by atoms with E-state index >= 15 is 0 Å². The number of nitrogens with zero attached hydrogens (tertiary/aromatic N) is 1. The lowest BCUT2D eigenvalue weighted by atomic mass is 10.2. The molecular weight excluding hydrogens is 262 g/mol. The number of benzene rings is 1. The average molecular weight is 268 g/mol. The van der Waals surface area contributed by atoms with E-state index in [4.69, 9.17) is 10.4 Å². The molecule has 0 atom stereocenters. The summed E-state index contributed by atoms with van der Waals surface area (Å²) in [6.07, 6.45) is 0. The van der Waals surface area contributed by atoms with Gasteiger partial charge >= 0.3 is 0 Å². The summed E-state index contributed by atoms with van der Waals surface area (Å²) < 4.78 is 1.91. The molecule has 2 aromatic rings. The maximum absolute atomic E-state index is 9.05. The SMILES string of the molecule is N#Cc1cc2ccc(CO)c(Br)c2s1. The molecule has 1 heterocycles. The number of thiophene rings is 1. The van der Waals surface area contributed by atoms with Crippen LogP contribution in [0.2, 0.25) is 0 Å². The lowest BCUT2D eigenvalue weighted by Gasteiger charge is -2.00. The first-order chi connectivity index (χ1) is 6.76. The number of fused-ring (bicyclic) bond motifs is 1. The van der Waals surface area contributed by atoms with Crippen molar-refractivity contribution in [1.29, 1.82) is 5.26 Å². The van der Waals surface area contributed by atoms with Crippen LogP contribution < -0.4 is 0 Å². The third-order valence-electron chi connectivity index (χ3n) is 1.99. The molecule has 0 amide bonds. The second-order valence-electron chi connectivity index (χ2n) is 2.84. The zero-order chi connectivity index (χ0) is 10.1. The fraction of sp³-hybridized carbons (Fsp3) is 0.100. The summed E-state index contributed by atoms with van der Waals surface area (Å²) in [5, 5.41) is 18.8. The Kier molecular flexibility index (Phi) is 2.55. The molecule has 0 bridgehead atoms. The first kappa shape index (κ1) is 9.66. The van der Waals surface area contributed by atoms with E-state index in [1.807, 2.05) is 18.2 Å². The van der Waals surface area contributed by atoms with E-state index in [9.17, 15) is 0 Å². The lowest BCUT2D eigenvalue weighted by Crippen LogP contribution is -1.83. The van der Waals surface area contributed by atoms with E-state index in [2.05, 4.69) is 22.0 Å².